The van der Waals surface area contributed by atoms with Crippen LogP contribution in [0.2, 0.25) is 0 Å². The van der Waals surface area contributed by atoms with E-state index in [-0.39, 0.29) is 16.6 Å². The van der Waals surface area contributed by atoms with E-state index >= 15 is 0 Å². The van der Waals surface area contributed by atoms with Crippen molar-refractivity contribution in [3.8, 4) is 21.5 Å². The second-order valence-electron chi connectivity index (χ2n) is 3.87. The van der Waals surface area contributed by atoms with Crippen LogP contribution in [0.1, 0.15) is 5.69 Å². The highest BCUT2D eigenvalue weighted by Crippen LogP contribution is 2.33. The van der Waals surface area contributed by atoms with Gasteiger partial charge in [-0.05, 0) is 0 Å². The van der Waals surface area contributed by atoms with Gasteiger partial charge in [-0.2, -0.15) is 13.2 Å². The molecule has 0 aliphatic rings. The van der Waals surface area contributed by atoms with E-state index in [1.165, 1.54) is 17.4 Å². The van der Waals surface area contributed by atoms with Crippen molar-refractivity contribution in [3.63, 3.8) is 0 Å². The fourth-order valence-corrected chi connectivity index (χ4v) is 2.88. The summed E-state index contributed by atoms with van der Waals surface area (Å²) in [5.74, 6) is 0.203. The third kappa shape index (κ3) is 2.85. The molecular weight excluding hydrogens is 323 g/mol. The molecule has 0 bridgehead atoms. The Morgan fingerprint density at radius 3 is 2.48 bits per heavy atom. The molecule has 10 heteroatoms. The first-order chi connectivity index (χ1) is 9.93. The Kier molecular flexibility index (Phi) is 3.33. The highest BCUT2D eigenvalue weighted by molar-refractivity contribution is 7.13. The fraction of sp³-hybridized carbons (Fsp3) is 0.0909. The van der Waals surface area contributed by atoms with Gasteiger partial charge in [-0.1, -0.05) is 0 Å². The number of alkyl halides is 3. The molecule has 0 spiro atoms. The SMILES string of the molecule is Nc1cc(-c2nccs2)nc(-c2nc(C(F)(F)F)cs2)n1. The van der Waals surface area contributed by atoms with Gasteiger partial charge in [-0.25, -0.2) is 19.9 Å². The van der Waals surface area contributed by atoms with Gasteiger partial charge in [-0.3, -0.25) is 0 Å². The average molecular weight is 329 g/mol. The lowest BCUT2D eigenvalue weighted by Gasteiger charge is -2.02. The summed E-state index contributed by atoms with van der Waals surface area (Å²) in [6.45, 7) is 0. The molecule has 21 heavy (non-hydrogen) atoms. The molecule has 3 aromatic heterocycles. The van der Waals surface area contributed by atoms with Crippen molar-refractivity contribution in [2.75, 3.05) is 5.73 Å². The van der Waals surface area contributed by atoms with Crippen LogP contribution < -0.4 is 5.73 Å². The monoisotopic (exact) mass is 329 g/mol. The summed E-state index contributed by atoms with van der Waals surface area (Å²) >= 11 is 2.16. The molecule has 3 heterocycles. The number of nitrogen functional groups attached to an aromatic ring is 1. The predicted octanol–water partition coefficient (Wildman–Crippen LogP) is 3.32. The summed E-state index contributed by atoms with van der Waals surface area (Å²) < 4.78 is 37.7. The average Bonchev–Trinajstić information content (AvgIpc) is 3.09. The van der Waals surface area contributed by atoms with E-state index in [0.29, 0.717) is 10.7 Å². The van der Waals surface area contributed by atoms with Gasteiger partial charge < -0.3 is 5.73 Å². The second-order valence-corrected chi connectivity index (χ2v) is 5.63. The van der Waals surface area contributed by atoms with Crippen molar-refractivity contribution in [1.29, 1.82) is 0 Å². The zero-order chi connectivity index (χ0) is 15.0. The molecule has 0 amide bonds. The van der Waals surface area contributed by atoms with E-state index in [9.17, 15) is 13.2 Å². The third-order valence-corrected chi connectivity index (χ3v) is 4.02. The van der Waals surface area contributed by atoms with Crippen molar-refractivity contribution < 1.29 is 13.2 Å². The molecule has 5 nitrogen and oxygen atoms in total. The minimum Gasteiger partial charge on any atom is -0.384 e. The van der Waals surface area contributed by atoms with Crippen molar-refractivity contribution in [2.45, 2.75) is 6.18 Å². The normalized spacial score (nSPS) is 11.8. The van der Waals surface area contributed by atoms with Crippen LogP contribution >= 0.6 is 22.7 Å². The molecule has 0 aliphatic carbocycles. The van der Waals surface area contributed by atoms with Crippen LogP contribution in [0, 0.1) is 0 Å². The van der Waals surface area contributed by atoms with Crippen LogP contribution in [0.3, 0.4) is 0 Å². The number of nitrogens with two attached hydrogens (primary N) is 1. The lowest BCUT2D eigenvalue weighted by Crippen LogP contribution is -2.05. The predicted molar refractivity (Wildman–Crippen MR) is 73.7 cm³/mol. The number of hydrogen-bond acceptors (Lipinski definition) is 7. The largest absolute Gasteiger partial charge is 0.434 e. The Bertz CT molecular complexity index is 767. The number of thiazole rings is 2. The van der Waals surface area contributed by atoms with Gasteiger partial charge in [0, 0.05) is 23.0 Å². The van der Waals surface area contributed by atoms with Crippen LogP contribution in [-0.4, -0.2) is 19.9 Å². The van der Waals surface area contributed by atoms with Crippen molar-refractivity contribution >= 4 is 28.5 Å². The summed E-state index contributed by atoms with van der Waals surface area (Å²) in [5.41, 5.74) is 5.16. The number of hydrogen-bond donors (Lipinski definition) is 1. The van der Waals surface area contributed by atoms with E-state index in [1.807, 2.05) is 0 Å². The molecule has 0 atom stereocenters. The lowest BCUT2D eigenvalue weighted by atomic mass is 10.4. The minimum atomic E-state index is -4.49. The van der Waals surface area contributed by atoms with Crippen molar-refractivity contribution in [3.05, 3.63) is 28.7 Å². The van der Waals surface area contributed by atoms with Crippen LogP contribution in [0.15, 0.2) is 23.0 Å². The maximum Gasteiger partial charge on any atom is 0.434 e. The fourth-order valence-electron chi connectivity index (χ4n) is 1.53. The van der Waals surface area contributed by atoms with Gasteiger partial charge in [-0.15, -0.1) is 22.7 Å². The Labute approximate surface area is 124 Å². The summed E-state index contributed by atoms with van der Waals surface area (Å²) in [6, 6.07) is 1.51. The molecule has 0 saturated heterocycles. The molecule has 3 rings (SSSR count). The molecule has 0 fully saturated rings. The first-order valence-corrected chi connectivity index (χ1v) is 7.27. The minimum absolute atomic E-state index is 0.0562. The molecule has 0 radical (unpaired) electrons. The third-order valence-electron chi connectivity index (χ3n) is 2.38. The Morgan fingerprint density at radius 2 is 1.86 bits per heavy atom. The summed E-state index contributed by atoms with van der Waals surface area (Å²) in [6.07, 6.45) is -2.89. The maximum absolute atomic E-state index is 12.6. The van der Waals surface area contributed by atoms with E-state index in [4.69, 9.17) is 5.73 Å². The van der Waals surface area contributed by atoms with E-state index in [0.717, 1.165) is 16.7 Å². The van der Waals surface area contributed by atoms with E-state index in [2.05, 4.69) is 19.9 Å². The molecule has 0 aromatic carbocycles. The topological polar surface area (TPSA) is 77.6 Å². The maximum atomic E-state index is 12.6. The number of nitrogens with zero attached hydrogens (tertiary/aromatic N) is 4. The van der Waals surface area contributed by atoms with Crippen LogP contribution in [0.4, 0.5) is 19.0 Å². The quantitative estimate of drug-likeness (QED) is 0.780. The standard InChI is InChI=1S/C11H6F3N5S2/c12-11(13,14)6-4-21-10(18-6)8-17-5(3-7(15)19-8)9-16-1-2-20-9/h1-4H,(H2,15,17,19). The molecular formula is C11H6F3N5S2. The lowest BCUT2D eigenvalue weighted by molar-refractivity contribution is -0.140. The molecule has 0 saturated carbocycles. The Balaban J connectivity index is 2.05. The second kappa shape index (κ2) is 5.04. The molecule has 0 aliphatic heterocycles. The van der Waals surface area contributed by atoms with Gasteiger partial charge in [0.2, 0.25) is 0 Å². The molecule has 0 unspecified atom stereocenters. The number of anilines is 1. The number of aromatic nitrogens is 4. The smallest absolute Gasteiger partial charge is 0.384 e. The van der Waals surface area contributed by atoms with E-state index in [1.54, 1.807) is 11.6 Å². The van der Waals surface area contributed by atoms with Gasteiger partial charge in [0.05, 0.1) is 0 Å². The zero-order valence-corrected chi connectivity index (χ0v) is 11.8. The first kappa shape index (κ1) is 13.9. The summed E-state index contributed by atoms with van der Waals surface area (Å²) in [4.78, 5) is 15.7. The highest BCUT2D eigenvalue weighted by Gasteiger charge is 2.34. The van der Waals surface area contributed by atoms with Crippen LogP contribution in [0.25, 0.3) is 21.5 Å². The molecule has 2 N–H and O–H groups in total. The van der Waals surface area contributed by atoms with Gasteiger partial charge in [0.25, 0.3) is 0 Å². The zero-order valence-electron chi connectivity index (χ0n) is 10.1. The van der Waals surface area contributed by atoms with Gasteiger partial charge >= 0.3 is 6.18 Å². The van der Waals surface area contributed by atoms with E-state index < -0.39 is 11.9 Å². The highest BCUT2D eigenvalue weighted by atomic mass is 32.1. The van der Waals surface area contributed by atoms with Gasteiger partial charge in [0.15, 0.2) is 16.5 Å². The summed E-state index contributed by atoms with van der Waals surface area (Å²) in [5, 5.41) is 3.36. The number of halogens is 3. The molecule has 108 valence electrons. The van der Waals surface area contributed by atoms with Crippen LogP contribution in [-0.2, 0) is 6.18 Å². The van der Waals surface area contributed by atoms with Crippen molar-refractivity contribution in [2.24, 2.45) is 0 Å². The molecule has 3 aromatic rings. The van der Waals surface area contributed by atoms with Gasteiger partial charge in [0.1, 0.15) is 16.5 Å². The van der Waals surface area contributed by atoms with Crippen molar-refractivity contribution in [1.82, 2.24) is 19.9 Å². The Hall–Kier alpha value is -2.07. The van der Waals surface area contributed by atoms with Crippen LogP contribution in [0.5, 0.6) is 0 Å². The Morgan fingerprint density at radius 1 is 1.05 bits per heavy atom. The first-order valence-electron chi connectivity index (χ1n) is 5.51. The summed E-state index contributed by atoms with van der Waals surface area (Å²) in [7, 11) is 0. The number of rotatable bonds is 2.